The predicted octanol–water partition coefficient (Wildman–Crippen LogP) is 1.30. The van der Waals surface area contributed by atoms with Crippen LogP contribution in [0.25, 0.3) is 0 Å². The molecule has 7 heteroatoms. The Balaban J connectivity index is 2.56. The second-order valence-corrected chi connectivity index (χ2v) is 5.32. The second-order valence-electron chi connectivity index (χ2n) is 4.39. The van der Waals surface area contributed by atoms with E-state index in [1.165, 1.54) is 16.7 Å². The lowest BCUT2D eigenvalue weighted by molar-refractivity contribution is -0.125. The van der Waals surface area contributed by atoms with Crippen LogP contribution < -0.4 is 5.73 Å². The van der Waals surface area contributed by atoms with E-state index in [1.54, 1.807) is 14.1 Å². The smallest absolute Gasteiger partial charge is 0.277 e. The van der Waals surface area contributed by atoms with E-state index in [0.717, 1.165) is 6.42 Å². The van der Waals surface area contributed by atoms with Crippen LogP contribution in [0.1, 0.15) is 32.2 Å². The van der Waals surface area contributed by atoms with Crippen LogP contribution in [0.4, 0.5) is 0 Å². The first-order valence-corrected chi connectivity index (χ1v) is 6.86. The number of carbonyl (C=O) groups is 1. The van der Waals surface area contributed by atoms with Crippen molar-refractivity contribution in [3.63, 3.8) is 0 Å². The Morgan fingerprint density at radius 1 is 1.50 bits per heavy atom. The molecule has 0 bridgehead atoms. The first kappa shape index (κ1) is 15.0. The fourth-order valence-corrected chi connectivity index (χ4v) is 1.91. The van der Waals surface area contributed by atoms with E-state index in [9.17, 15) is 4.79 Å². The third kappa shape index (κ3) is 3.99. The van der Waals surface area contributed by atoms with Crippen molar-refractivity contribution >= 4 is 17.7 Å². The van der Waals surface area contributed by atoms with Crippen LogP contribution in [0.2, 0.25) is 0 Å². The number of carbonyl (C=O) groups excluding carboxylic acids is 1. The van der Waals surface area contributed by atoms with Crippen molar-refractivity contribution in [2.75, 3.05) is 19.8 Å². The summed E-state index contributed by atoms with van der Waals surface area (Å²) in [6.07, 6.45) is 0.950. The minimum Gasteiger partial charge on any atom is -0.414 e. The topological polar surface area (TPSA) is 85.2 Å². The number of thioether (sulfide) groups is 1. The van der Waals surface area contributed by atoms with E-state index < -0.39 is 0 Å². The summed E-state index contributed by atoms with van der Waals surface area (Å²) in [6, 6.07) is -0.249. The molecule has 0 spiro atoms. The fraction of sp³-hybridized carbons (Fsp3) is 0.727. The van der Waals surface area contributed by atoms with Gasteiger partial charge in [0.05, 0.1) is 11.8 Å². The van der Waals surface area contributed by atoms with Crippen molar-refractivity contribution in [3.8, 4) is 0 Å². The molecule has 18 heavy (non-hydrogen) atoms. The molecule has 1 rings (SSSR count). The molecule has 1 aromatic heterocycles. The summed E-state index contributed by atoms with van der Waals surface area (Å²) in [5.41, 5.74) is 5.99. The number of amides is 1. The molecule has 102 valence electrons. The zero-order valence-electron chi connectivity index (χ0n) is 11.2. The molecular weight excluding hydrogens is 252 g/mol. The van der Waals surface area contributed by atoms with Crippen LogP contribution in [0.3, 0.4) is 0 Å². The number of hydrogen-bond acceptors (Lipinski definition) is 6. The van der Waals surface area contributed by atoms with Crippen molar-refractivity contribution in [3.05, 3.63) is 5.89 Å². The minimum atomic E-state index is -0.249. The molecule has 0 saturated carbocycles. The molecule has 6 nitrogen and oxygen atoms in total. The molecule has 0 fully saturated rings. The van der Waals surface area contributed by atoms with Gasteiger partial charge in [0.15, 0.2) is 0 Å². The molecule has 2 N–H and O–H groups in total. The molecule has 1 unspecified atom stereocenters. The van der Waals surface area contributed by atoms with Crippen LogP contribution in [-0.2, 0) is 4.79 Å². The molecule has 0 aliphatic rings. The standard InChI is InChI=1S/C11H20N4O2S/c1-5-7(2)9(12)10-13-14-11(17-10)18-6-8(16)15(3)4/h7,9H,5-6,12H2,1-4H3/t7?,9-/m0/s1. The molecule has 0 aromatic carbocycles. The number of aromatic nitrogens is 2. The van der Waals surface area contributed by atoms with Gasteiger partial charge in [-0.2, -0.15) is 0 Å². The van der Waals surface area contributed by atoms with Gasteiger partial charge in [-0.15, -0.1) is 10.2 Å². The molecule has 1 amide bonds. The van der Waals surface area contributed by atoms with E-state index in [4.69, 9.17) is 10.2 Å². The molecular formula is C11H20N4O2S. The van der Waals surface area contributed by atoms with Crippen molar-refractivity contribution in [1.29, 1.82) is 0 Å². The molecule has 2 atom stereocenters. The minimum absolute atomic E-state index is 0.00553. The Morgan fingerprint density at radius 2 is 2.17 bits per heavy atom. The van der Waals surface area contributed by atoms with E-state index in [1.807, 2.05) is 6.92 Å². The predicted molar refractivity (Wildman–Crippen MR) is 70.1 cm³/mol. The van der Waals surface area contributed by atoms with Gasteiger partial charge in [-0.3, -0.25) is 4.79 Å². The van der Waals surface area contributed by atoms with E-state index >= 15 is 0 Å². The highest BCUT2D eigenvalue weighted by Crippen LogP contribution is 2.24. The van der Waals surface area contributed by atoms with Gasteiger partial charge in [0.2, 0.25) is 11.8 Å². The van der Waals surface area contributed by atoms with Gasteiger partial charge in [0.25, 0.3) is 5.22 Å². The quantitative estimate of drug-likeness (QED) is 0.786. The van der Waals surface area contributed by atoms with E-state index in [0.29, 0.717) is 11.1 Å². The fourth-order valence-electron chi connectivity index (χ4n) is 1.16. The van der Waals surface area contributed by atoms with Crippen molar-refractivity contribution in [2.45, 2.75) is 31.5 Å². The summed E-state index contributed by atoms with van der Waals surface area (Å²) in [4.78, 5) is 12.9. The maximum atomic E-state index is 11.4. The molecule has 0 radical (unpaired) electrons. The van der Waals surface area contributed by atoms with Crippen LogP contribution in [-0.4, -0.2) is 40.9 Å². The Hall–Kier alpha value is -1.08. The summed E-state index contributed by atoms with van der Waals surface area (Å²) >= 11 is 1.23. The summed E-state index contributed by atoms with van der Waals surface area (Å²) in [5.74, 6) is 1.01. The van der Waals surface area contributed by atoms with Crippen molar-refractivity contribution < 1.29 is 9.21 Å². The first-order chi connectivity index (χ1) is 8.45. The summed E-state index contributed by atoms with van der Waals surface area (Å²) < 4.78 is 5.44. The van der Waals surface area contributed by atoms with Gasteiger partial charge < -0.3 is 15.1 Å². The first-order valence-electron chi connectivity index (χ1n) is 5.87. The summed E-state index contributed by atoms with van der Waals surface area (Å²) in [5, 5.41) is 8.19. The second kappa shape index (κ2) is 6.75. The number of nitrogens with two attached hydrogens (primary N) is 1. The maximum absolute atomic E-state index is 11.4. The third-order valence-electron chi connectivity index (χ3n) is 2.78. The van der Waals surface area contributed by atoms with E-state index in [-0.39, 0.29) is 23.6 Å². The van der Waals surface area contributed by atoms with Gasteiger partial charge in [0, 0.05) is 14.1 Å². The number of rotatable bonds is 6. The lowest BCUT2D eigenvalue weighted by Gasteiger charge is -2.13. The number of hydrogen-bond donors (Lipinski definition) is 1. The van der Waals surface area contributed by atoms with Crippen molar-refractivity contribution in [1.82, 2.24) is 15.1 Å². The maximum Gasteiger partial charge on any atom is 0.277 e. The third-order valence-corrected chi connectivity index (χ3v) is 3.59. The van der Waals surface area contributed by atoms with E-state index in [2.05, 4.69) is 17.1 Å². The van der Waals surface area contributed by atoms with Gasteiger partial charge >= 0.3 is 0 Å². The van der Waals surface area contributed by atoms with Gasteiger partial charge in [-0.25, -0.2) is 0 Å². The van der Waals surface area contributed by atoms with Gasteiger partial charge in [0.1, 0.15) is 0 Å². The zero-order valence-corrected chi connectivity index (χ0v) is 12.0. The lowest BCUT2D eigenvalue weighted by atomic mass is 10.0. The zero-order chi connectivity index (χ0) is 13.7. The normalized spacial score (nSPS) is 14.3. The molecule has 0 saturated heterocycles. The Bertz CT molecular complexity index is 394. The highest BCUT2D eigenvalue weighted by atomic mass is 32.2. The SMILES string of the molecule is CCC(C)[C@H](N)c1nnc(SCC(=O)N(C)C)o1. The molecule has 1 heterocycles. The Labute approximate surface area is 111 Å². The van der Waals surface area contributed by atoms with Crippen LogP contribution in [0, 0.1) is 5.92 Å². The Kier molecular flexibility index (Phi) is 5.61. The van der Waals surface area contributed by atoms with Crippen LogP contribution in [0.15, 0.2) is 9.64 Å². The summed E-state index contributed by atoms with van der Waals surface area (Å²) in [7, 11) is 3.42. The van der Waals surface area contributed by atoms with Crippen LogP contribution in [0.5, 0.6) is 0 Å². The molecule has 0 aliphatic carbocycles. The molecule has 0 aliphatic heterocycles. The van der Waals surface area contributed by atoms with Gasteiger partial charge in [-0.05, 0) is 5.92 Å². The average molecular weight is 272 g/mol. The monoisotopic (exact) mass is 272 g/mol. The lowest BCUT2D eigenvalue weighted by Crippen LogP contribution is -2.23. The summed E-state index contributed by atoms with van der Waals surface area (Å²) in [6.45, 7) is 4.10. The number of nitrogens with zero attached hydrogens (tertiary/aromatic N) is 3. The largest absolute Gasteiger partial charge is 0.414 e. The molecule has 1 aromatic rings. The van der Waals surface area contributed by atoms with Crippen molar-refractivity contribution in [2.24, 2.45) is 11.7 Å². The highest BCUT2D eigenvalue weighted by molar-refractivity contribution is 7.99. The highest BCUT2D eigenvalue weighted by Gasteiger charge is 2.20. The van der Waals surface area contributed by atoms with Crippen LogP contribution >= 0.6 is 11.8 Å². The van der Waals surface area contributed by atoms with Gasteiger partial charge in [-0.1, -0.05) is 32.0 Å². The Morgan fingerprint density at radius 3 is 2.72 bits per heavy atom. The average Bonchev–Trinajstić information content (AvgIpc) is 2.82.